The molecule has 1 fully saturated rings. The molecule has 1 heterocycles. The lowest BCUT2D eigenvalue weighted by Gasteiger charge is -2.41. The SMILES string of the molecule is CC(C)CC1CN(C(=O)C(N)C(C)C)C1. The van der Waals surface area contributed by atoms with Crippen molar-refractivity contribution in [1.82, 2.24) is 4.90 Å². The number of likely N-dealkylation sites (tertiary alicyclic amines) is 1. The Labute approximate surface area is 93.0 Å². The van der Waals surface area contributed by atoms with E-state index in [-0.39, 0.29) is 17.9 Å². The van der Waals surface area contributed by atoms with Crippen LogP contribution < -0.4 is 5.73 Å². The fourth-order valence-electron chi connectivity index (χ4n) is 2.06. The number of hydrogen-bond acceptors (Lipinski definition) is 2. The molecule has 1 saturated heterocycles. The molecule has 0 bridgehead atoms. The minimum Gasteiger partial charge on any atom is -0.341 e. The summed E-state index contributed by atoms with van der Waals surface area (Å²) in [5, 5.41) is 0. The highest BCUT2D eigenvalue weighted by molar-refractivity contribution is 5.82. The summed E-state index contributed by atoms with van der Waals surface area (Å²) < 4.78 is 0. The first-order chi connectivity index (χ1) is 6.91. The lowest BCUT2D eigenvalue weighted by Crippen LogP contribution is -2.56. The van der Waals surface area contributed by atoms with Crippen molar-refractivity contribution in [2.24, 2.45) is 23.5 Å². The Balaban J connectivity index is 2.29. The highest BCUT2D eigenvalue weighted by Crippen LogP contribution is 2.23. The number of amides is 1. The molecule has 0 saturated carbocycles. The Bertz CT molecular complexity index is 220. The Morgan fingerprint density at radius 1 is 1.33 bits per heavy atom. The van der Waals surface area contributed by atoms with Crippen LogP contribution in [0.2, 0.25) is 0 Å². The molecular formula is C12H24N2O. The van der Waals surface area contributed by atoms with Crippen molar-refractivity contribution in [1.29, 1.82) is 0 Å². The van der Waals surface area contributed by atoms with Crippen LogP contribution in [0.3, 0.4) is 0 Å². The predicted octanol–water partition coefficient (Wildman–Crippen LogP) is 1.47. The van der Waals surface area contributed by atoms with Gasteiger partial charge >= 0.3 is 0 Å². The Morgan fingerprint density at radius 3 is 2.27 bits per heavy atom. The van der Waals surface area contributed by atoms with Gasteiger partial charge in [0.15, 0.2) is 0 Å². The monoisotopic (exact) mass is 212 g/mol. The second-order valence-electron chi connectivity index (χ2n) is 5.51. The lowest BCUT2D eigenvalue weighted by atomic mass is 9.89. The fourth-order valence-corrected chi connectivity index (χ4v) is 2.06. The van der Waals surface area contributed by atoms with Crippen molar-refractivity contribution in [3.8, 4) is 0 Å². The molecule has 3 heteroatoms. The summed E-state index contributed by atoms with van der Waals surface area (Å²) in [7, 11) is 0. The molecule has 0 aromatic heterocycles. The predicted molar refractivity (Wildman–Crippen MR) is 62.3 cm³/mol. The summed E-state index contributed by atoms with van der Waals surface area (Å²) in [5.74, 6) is 1.80. The fraction of sp³-hybridized carbons (Fsp3) is 0.917. The Hall–Kier alpha value is -0.570. The van der Waals surface area contributed by atoms with E-state index in [4.69, 9.17) is 5.73 Å². The van der Waals surface area contributed by atoms with Crippen LogP contribution in [0.1, 0.15) is 34.1 Å². The average Bonchev–Trinajstić information content (AvgIpc) is 2.07. The van der Waals surface area contributed by atoms with Gasteiger partial charge in [0.05, 0.1) is 6.04 Å². The van der Waals surface area contributed by atoms with Crippen molar-refractivity contribution in [2.75, 3.05) is 13.1 Å². The van der Waals surface area contributed by atoms with Crippen LogP contribution in [-0.4, -0.2) is 29.9 Å². The maximum absolute atomic E-state index is 11.8. The smallest absolute Gasteiger partial charge is 0.239 e. The van der Waals surface area contributed by atoms with E-state index < -0.39 is 0 Å². The topological polar surface area (TPSA) is 46.3 Å². The third kappa shape index (κ3) is 3.20. The minimum absolute atomic E-state index is 0.130. The van der Waals surface area contributed by atoms with Crippen LogP contribution in [0.25, 0.3) is 0 Å². The van der Waals surface area contributed by atoms with Crippen LogP contribution >= 0.6 is 0 Å². The van der Waals surface area contributed by atoms with Gasteiger partial charge in [0.2, 0.25) is 5.91 Å². The van der Waals surface area contributed by atoms with Crippen molar-refractivity contribution in [3.63, 3.8) is 0 Å². The average molecular weight is 212 g/mol. The summed E-state index contributed by atoms with van der Waals surface area (Å²) in [6.07, 6.45) is 1.22. The molecule has 0 spiro atoms. The van der Waals surface area contributed by atoms with Gasteiger partial charge in [-0.3, -0.25) is 4.79 Å². The van der Waals surface area contributed by atoms with Crippen LogP contribution in [0.5, 0.6) is 0 Å². The zero-order chi connectivity index (χ0) is 11.6. The molecule has 1 amide bonds. The first-order valence-electron chi connectivity index (χ1n) is 5.96. The Morgan fingerprint density at radius 2 is 1.87 bits per heavy atom. The second kappa shape index (κ2) is 4.97. The second-order valence-corrected chi connectivity index (χ2v) is 5.51. The van der Waals surface area contributed by atoms with E-state index in [2.05, 4.69) is 13.8 Å². The normalized spacial score (nSPS) is 19.5. The highest BCUT2D eigenvalue weighted by Gasteiger charge is 2.33. The van der Waals surface area contributed by atoms with E-state index in [0.29, 0.717) is 5.92 Å². The minimum atomic E-state index is -0.315. The van der Waals surface area contributed by atoms with Gasteiger partial charge in [0.25, 0.3) is 0 Å². The van der Waals surface area contributed by atoms with E-state index in [0.717, 1.165) is 19.0 Å². The molecule has 88 valence electrons. The van der Waals surface area contributed by atoms with Crippen LogP contribution in [0.4, 0.5) is 0 Å². The molecule has 15 heavy (non-hydrogen) atoms. The molecule has 3 nitrogen and oxygen atoms in total. The maximum atomic E-state index is 11.8. The van der Waals surface area contributed by atoms with Gasteiger partial charge in [-0.1, -0.05) is 27.7 Å². The Kier molecular flexibility index (Phi) is 4.14. The van der Waals surface area contributed by atoms with E-state index in [1.54, 1.807) is 0 Å². The molecule has 0 aromatic rings. The summed E-state index contributed by atoms with van der Waals surface area (Å²) in [4.78, 5) is 13.7. The van der Waals surface area contributed by atoms with E-state index in [1.165, 1.54) is 6.42 Å². The number of rotatable bonds is 4. The summed E-state index contributed by atoms with van der Waals surface area (Å²) in [6, 6.07) is -0.315. The van der Waals surface area contributed by atoms with Crippen LogP contribution in [0, 0.1) is 17.8 Å². The molecule has 0 aromatic carbocycles. The maximum Gasteiger partial charge on any atom is 0.239 e. The molecule has 1 atom stereocenters. The van der Waals surface area contributed by atoms with Gasteiger partial charge in [0.1, 0.15) is 0 Å². The number of carbonyl (C=O) groups is 1. The number of nitrogens with two attached hydrogens (primary N) is 1. The molecular weight excluding hydrogens is 188 g/mol. The molecule has 1 rings (SSSR count). The largest absolute Gasteiger partial charge is 0.341 e. The van der Waals surface area contributed by atoms with Crippen molar-refractivity contribution in [3.05, 3.63) is 0 Å². The van der Waals surface area contributed by atoms with E-state index >= 15 is 0 Å². The number of nitrogens with zero attached hydrogens (tertiary/aromatic N) is 1. The first-order valence-corrected chi connectivity index (χ1v) is 5.96. The van der Waals surface area contributed by atoms with Gasteiger partial charge in [0, 0.05) is 13.1 Å². The standard InChI is InChI=1S/C12H24N2O/c1-8(2)5-10-6-14(7-10)12(15)11(13)9(3)4/h8-11H,5-7,13H2,1-4H3. The van der Waals surface area contributed by atoms with Crippen molar-refractivity contribution >= 4 is 5.91 Å². The molecule has 1 aliphatic heterocycles. The summed E-state index contributed by atoms with van der Waals surface area (Å²) in [5.41, 5.74) is 5.83. The lowest BCUT2D eigenvalue weighted by molar-refractivity contribution is -0.140. The van der Waals surface area contributed by atoms with E-state index in [1.807, 2.05) is 18.7 Å². The first kappa shape index (κ1) is 12.5. The van der Waals surface area contributed by atoms with Gasteiger partial charge in [-0.2, -0.15) is 0 Å². The van der Waals surface area contributed by atoms with Crippen LogP contribution in [0.15, 0.2) is 0 Å². The summed E-state index contributed by atoms with van der Waals surface area (Å²) >= 11 is 0. The third-order valence-corrected chi connectivity index (χ3v) is 3.08. The van der Waals surface area contributed by atoms with Gasteiger partial charge < -0.3 is 10.6 Å². The number of hydrogen-bond donors (Lipinski definition) is 1. The zero-order valence-electron chi connectivity index (χ0n) is 10.4. The van der Waals surface area contributed by atoms with Crippen molar-refractivity contribution in [2.45, 2.75) is 40.2 Å². The third-order valence-electron chi connectivity index (χ3n) is 3.08. The highest BCUT2D eigenvalue weighted by atomic mass is 16.2. The van der Waals surface area contributed by atoms with Gasteiger partial charge in [-0.15, -0.1) is 0 Å². The number of carbonyl (C=O) groups excluding carboxylic acids is 1. The molecule has 0 radical (unpaired) electrons. The van der Waals surface area contributed by atoms with Crippen molar-refractivity contribution < 1.29 is 4.79 Å². The zero-order valence-corrected chi connectivity index (χ0v) is 10.4. The van der Waals surface area contributed by atoms with Gasteiger partial charge in [-0.25, -0.2) is 0 Å². The molecule has 0 aliphatic carbocycles. The molecule has 2 N–H and O–H groups in total. The van der Waals surface area contributed by atoms with E-state index in [9.17, 15) is 4.79 Å². The quantitative estimate of drug-likeness (QED) is 0.767. The molecule has 1 unspecified atom stereocenters. The molecule has 1 aliphatic rings. The van der Waals surface area contributed by atoms with Gasteiger partial charge in [-0.05, 0) is 24.2 Å². The summed E-state index contributed by atoms with van der Waals surface area (Å²) in [6.45, 7) is 10.3. The van der Waals surface area contributed by atoms with Crippen LogP contribution in [-0.2, 0) is 4.79 Å².